The van der Waals surface area contributed by atoms with Crippen LogP contribution in [-0.2, 0) is 14.2 Å². The monoisotopic (exact) mass is 741 g/mol. The van der Waals surface area contributed by atoms with Crippen molar-refractivity contribution < 1.29 is 28.6 Å². The zero-order chi connectivity index (χ0) is 32.8. The van der Waals surface area contributed by atoms with Crippen molar-refractivity contribution in [1.29, 1.82) is 0 Å². The lowest BCUT2D eigenvalue weighted by Crippen LogP contribution is -2.51. The standard InChI is InChI=1S/C35H27BrCl3NO6/c1-21-30(18-44-32(41)23-4-12-27(37)13-5-23)31(22-2-10-26(36)11-3-22)40-35(21,19-45-33(42)24-6-14-28(38)15-7-24)20-46-34(43)25-8-16-29(39)17-9-25/h2-17,30-31,40H,1,18-20H2/t30-,31-/m1/s1. The summed E-state index contributed by atoms with van der Waals surface area (Å²) in [5, 5.41) is 4.96. The number of hydrogen-bond donors (Lipinski definition) is 1. The van der Waals surface area contributed by atoms with E-state index < -0.39 is 35.4 Å². The van der Waals surface area contributed by atoms with Crippen LogP contribution in [0.1, 0.15) is 42.7 Å². The number of benzene rings is 4. The van der Waals surface area contributed by atoms with Gasteiger partial charge in [-0.05, 0) is 96.1 Å². The molecule has 1 heterocycles. The molecule has 2 atom stereocenters. The van der Waals surface area contributed by atoms with Crippen molar-refractivity contribution in [3.05, 3.63) is 151 Å². The fourth-order valence-corrected chi connectivity index (χ4v) is 5.73. The molecule has 0 bridgehead atoms. The third-order valence-electron chi connectivity index (χ3n) is 7.66. The molecule has 0 saturated carbocycles. The molecule has 1 fully saturated rings. The molecular formula is C35H27BrCl3NO6. The Bertz CT molecular complexity index is 1670. The number of halogens is 4. The minimum Gasteiger partial charge on any atom is -0.461 e. The Morgan fingerprint density at radius 2 is 1.04 bits per heavy atom. The summed E-state index contributed by atoms with van der Waals surface area (Å²) in [5.41, 5.74) is 1.04. The smallest absolute Gasteiger partial charge is 0.338 e. The molecule has 0 unspecified atom stereocenters. The van der Waals surface area contributed by atoms with Crippen LogP contribution in [0.3, 0.4) is 0 Å². The van der Waals surface area contributed by atoms with Crippen LogP contribution < -0.4 is 5.32 Å². The molecule has 7 nitrogen and oxygen atoms in total. The van der Waals surface area contributed by atoms with E-state index in [1.807, 2.05) is 24.3 Å². The third kappa shape index (κ3) is 8.00. The Morgan fingerprint density at radius 3 is 1.46 bits per heavy atom. The Morgan fingerprint density at radius 1 is 0.652 bits per heavy atom. The van der Waals surface area contributed by atoms with Crippen molar-refractivity contribution in [2.24, 2.45) is 5.92 Å². The number of esters is 3. The zero-order valence-electron chi connectivity index (χ0n) is 24.2. The van der Waals surface area contributed by atoms with Gasteiger partial charge in [0, 0.05) is 31.5 Å². The van der Waals surface area contributed by atoms with E-state index in [4.69, 9.17) is 49.0 Å². The summed E-state index contributed by atoms with van der Waals surface area (Å²) in [6.45, 7) is 3.83. The lowest BCUT2D eigenvalue weighted by atomic mass is 9.85. The molecule has 0 spiro atoms. The second kappa shape index (κ2) is 14.8. The molecule has 4 aromatic rings. The molecule has 4 aromatic carbocycles. The van der Waals surface area contributed by atoms with Gasteiger partial charge in [0.25, 0.3) is 0 Å². The first-order chi connectivity index (χ1) is 22.0. The number of hydrogen-bond acceptors (Lipinski definition) is 7. The maximum absolute atomic E-state index is 13.1. The lowest BCUT2D eigenvalue weighted by Gasteiger charge is -2.31. The molecule has 0 aromatic heterocycles. The average molecular weight is 744 g/mol. The number of carbonyl (C=O) groups excluding carboxylic acids is 3. The van der Waals surface area contributed by atoms with E-state index in [0.717, 1.165) is 10.0 Å². The molecule has 1 N–H and O–H groups in total. The van der Waals surface area contributed by atoms with E-state index in [1.54, 1.807) is 72.8 Å². The summed E-state index contributed by atoms with van der Waals surface area (Å²) < 4.78 is 18.2. The van der Waals surface area contributed by atoms with Gasteiger partial charge in [0.1, 0.15) is 25.4 Å². The molecule has 0 radical (unpaired) electrons. The van der Waals surface area contributed by atoms with Crippen LogP contribution in [0.4, 0.5) is 0 Å². The summed E-state index contributed by atoms with van der Waals surface area (Å²) in [7, 11) is 0. The summed E-state index contributed by atoms with van der Waals surface area (Å²) in [5.74, 6) is -2.25. The van der Waals surface area contributed by atoms with Gasteiger partial charge < -0.3 is 14.2 Å². The van der Waals surface area contributed by atoms with Crippen LogP contribution in [0.25, 0.3) is 0 Å². The van der Waals surface area contributed by atoms with Gasteiger partial charge in [-0.25, -0.2) is 14.4 Å². The van der Waals surface area contributed by atoms with E-state index in [9.17, 15) is 14.4 Å². The molecule has 236 valence electrons. The van der Waals surface area contributed by atoms with E-state index in [2.05, 4.69) is 27.8 Å². The zero-order valence-corrected chi connectivity index (χ0v) is 28.0. The van der Waals surface area contributed by atoms with Crippen LogP contribution in [0, 0.1) is 5.92 Å². The predicted molar refractivity (Wildman–Crippen MR) is 181 cm³/mol. The minimum atomic E-state index is -1.25. The van der Waals surface area contributed by atoms with E-state index in [0.29, 0.717) is 37.3 Å². The van der Waals surface area contributed by atoms with Crippen LogP contribution in [-0.4, -0.2) is 43.3 Å². The molecule has 1 aliphatic rings. The fourth-order valence-electron chi connectivity index (χ4n) is 5.09. The summed E-state index contributed by atoms with van der Waals surface area (Å²) >= 11 is 21.4. The highest BCUT2D eigenvalue weighted by atomic mass is 79.9. The average Bonchev–Trinajstić information content (AvgIpc) is 3.33. The van der Waals surface area contributed by atoms with Gasteiger partial charge in [-0.15, -0.1) is 0 Å². The van der Waals surface area contributed by atoms with Crippen molar-refractivity contribution in [3.8, 4) is 0 Å². The Labute approximate surface area is 289 Å². The quantitative estimate of drug-likeness (QED) is 0.0990. The molecule has 1 aliphatic heterocycles. The number of carbonyl (C=O) groups is 3. The Balaban J connectivity index is 1.44. The second-order valence-electron chi connectivity index (χ2n) is 10.7. The van der Waals surface area contributed by atoms with Crippen molar-refractivity contribution in [2.45, 2.75) is 11.6 Å². The molecule has 1 saturated heterocycles. The van der Waals surface area contributed by atoms with E-state index in [1.165, 1.54) is 0 Å². The SMILES string of the molecule is C=C1[C@@H](COC(=O)c2ccc(Cl)cc2)[C@@H](c2ccc(Br)cc2)NC1(COC(=O)c1ccc(Cl)cc1)COC(=O)c1ccc(Cl)cc1. The van der Waals surface area contributed by atoms with Gasteiger partial charge >= 0.3 is 17.9 Å². The molecular weight excluding hydrogens is 717 g/mol. The summed E-state index contributed by atoms with van der Waals surface area (Å²) in [6, 6.07) is 26.1. The highest BCUT2D eigenvalue weighted by molar-refractivity contribution is 9.10. The van der Waals surface area contributed by atoms with E-state index in [-0.39, 0.29) is 19.8 Å². The lowest BCUT2D eigenvalue weighted by molar-refractivity contribution is 0.0204. The molecule has 0 aliphatic carbocycles. The topological polar surface area (TPSA) is 90.9 Å². The number of rotatable bonds is 10. The number of nitrogens with one attached hydrogen (secondary N) is 1. The van der Waals surface area contributed by atoms with Crippen molar-refractivity contribution >= 4 is 68.6 Å². The predicted octanol–water partition coefficient (Wildman–Crippen LogP) is 8.54. The Kier molecular flexibility index (Phi) is 10.9. The largest absolute Gasteiger partial charge is 0.461 e. The van der Waals surface area contributed by atoms with Crippen LogP contribution >= 0.6 is 50.7 Å². The van der Waals surface area contributed by atoms with Gasteiger partial charge in [-0.1, -0.05) is 69.4 Å². The fraction of sp³-hybridized carbons (Fsp3) is 0.171. The second-order valence-corrected chi connectivity index (χ2v) is 12.9. The first kappa shape index (κ1) is 33.7. The third-order valence-corrected chi connectivity index (χ3v) is 8.94. The summed E-state index contributed by atoms with van der Waals surface area (Å²) in [6.07, 6.45) is 0. The maximum atomic E-state index is 13.1. The van der Waals surface area contributed by atoms with Gasteiger partial charge in [0.05, 0.1) is 16.7 Å². The van der Waals surface area contributed by atoms with Gasteiger partial charge in [0.2, 0.25) is 0 Å². The van der Waals surface area contributed by atoms with Gasteiger partial charge in [-0.2, -0.15) is 0 Å². The van der Waals surface area contributed by atoms with Crippen molar-refractivity contribution in [1.82, 2.24) is 5.32 Å². The Hall–Kier alpha value is -3.66. The first-order valence-electron chi connectivity index (χ1n) is 14.1. The molecule has 46 heavy (non-hydrogen) atoms. The molecule has 5 rings (SSSR count). The number of ether oxygens (including phenoxy) is 3. The summed E-state index contributed by atoms with van der Waals surface area (Å²) in [4.78, 5) is 39.2. The maximum Gasteiger partial charge on any atom is 0.338 e. The van der Waals surface area contributed by atoms with Crippen molar-refractivity contribution in [3.63, 3.8) is 0 Å². The van der Waals surface area contributed by atoms with Crippen molar-refractivity contribution in [2.75, 3.05) is 19.8 Å². The minimum absolute atomic E-state index is 0.0635. The van der Waals surface area contributed by atoms with E-state index >= 15 is 0 Å². The van der Waals surface area contributed by atoms with Crippen LogP contribution in [0.5, 0.6) is 0 Å². The first-order valence-corrected chi connectivity index (χ1v) is 16.0. The highest BCUT2D eigenvalue weighted by Crippen LogP contribution is 2.43. The molecule has 11 heteroatoms. The normalized spacial score (nSPS) is 16.9. The highest BCUT2D eigenvalue weighted by Gasteiger charge is 2.51. The van der Waals surface area contributed by atoms with Gasteiger partial charge in [-0.3, -0.25) is 5.32 Å². The molecule has 0 amide bonds. The van der Waals surface area contributed by atoms with Crippen LogP contribution in [0.15, 0.2) is 114 Å². The van der Waals surface area contributed by atoms with Gasteiger partial charge in [0.15, 0.2) is 0 Å². The van der Waals surface area contributed by atoms with Crippen LogP contribution in [0.2, 0.25) is 15.1 Å².